The number of aryl methyl sites for hydroxylation is 1. The number of hydrogen-bond donors (Lipinski definition) is 1. The molecule has 6 nitrogen and oxygen atoms in total. The molecule has 2 rings (SSSR count). The van der Waals surface area contributed by atoms with E-state index < -0.39 is 27.6 Å². The van der Waals surface area contributed by atoms with E-state index in [1.54, 1.807) is 19.9 Å². The minimum Gasteiger partial charge on any atom is -0.481 e. The third kappa shape index (κ3) is 3.51. The zero-order valence-electron chi connectivity index (χ0n) is 12.9. The summed E-state index contributed by atoms with van der Waals surface area (Å²) in [7, 11) is -3.65. The number of morpholine rings is 1. The number of carboxylic acid groups (broad SMARTS) is 1. The lowest BCUT2D eigenvalue weighted by Gasteiger charge is -2.43. The smallest absolute Gasteiger partial charge is 0.306 e. The molecule has 22 heavy (non-hydrogen) atoms. The molecule has 2 heterocycles. The van der Waals surface area contributed by atoms with Gasteiger partial charge >= 0.3 is 5.97 Å². The Morgan fingerprint density at radius 2 is 2.18 bits per heavy atom. The van der Waals surface area contributed by atoms with Crippen LogP contribution < -0.4 is 0 Å². The predicted molar refractivity (Wildman–Crippen MR) is 83.7 cm³/mol. The highest BCUT2D eigenvalue weighted by molar-refractivity contribution is 7.91. The summed E-state index contributed by atoms with van der Waals surface area (Å²) in [4.78, 5) is 11.9. The van der Waals surface area contributed by atoms with E-state index in [2.05, 4.69) is 0 Å². The lowest BCUT2D eigenvalue weighted by atomic mass is 10.0. The van der Waals surface area contributed by atoms with Gasteiger partial charge in [0.1, 0.15) is 4.21 Å². The zero-order chi connectivity index (χ0) is 16.5. The molecule has 1 fully saturated rings. The maximum atomic E-state index is 12.9. The Hall–Kier alpha value is -0.960. The molecule has 0 radical (unpaired) electrons. The Kier molecular flexibility index (Phi) is 4.96. The normalized spacial score (nSPS) is 22.6. The van der Waals surface area contributed by atoms with Crippen LogP contribution in [0, 0.1) is 0 Å². The van der Waals surface area contributed by atoms with Crippen LogP contribution in [0.4, 0.5) is 0 Å². The van der Waals surface area contributed by atoms with Crippen LogP contribution in [0.15, 0.2) is 16.3 Å². The van der Waals surface area contributed by atoms with Gasteiger partial charge in [-0.3, -0.25) is 4.79 Å². The topological polar surface area (TPSA) is 83.9 Å². The fraction of sp³-hybridized carbons (Fsp3) is 0.643. The standard InChI is InChI=1S/C14H21NO5S2/c1-4-11-5-6-13(21-11)22(18,19)15-8-10(7-12(16)17)20-9-14(15,2)3/h5-6,10H,4,7-9H2,1-3H3,(H,16,17). The van der Waals surface area contributed by atoms with Crippen LogP contribution in [-0.2, 0) is 26.0 Å². The highest BCUT2D eigenvalue weighted by atomic mass is 32.2. The molecule has 1 atom stereocenters. The van der Waals surface area contributed by atoms with E-state index in [1.807, 2.05) is 13.0 Å². The van der Waals surface area contributed by atoms with Crippen molar-refractivity contribution in [2.75, 3.05) is 13.2 Å². The molecular formula is C14H21NO5S2. The Balaban J connectivity index is 2.30. The number of aliphatic carboxylic acids is 1. The van der Waals surface area contributed by atoms with Crippen LogP contribution in [0.2, 0.25) is 0 Å². The van der Waals surface area contributed by atoms with Gasteiger partial charge in [-0.05, 0) is 32.4 Å². The molecule has 0 bridgehead atoms. The summed E-state index contributed by atoms with van der Waals surface area (Å²) in [6, 6.07) is 3.44. The van der Waals surface area contributed by atoms with E-state index in [0.717, 1.165) is 11.3 Å². The van der Waals surface area contributed by atoms with Crippen LogP contribution in [0.3, 0.4) is 0 Å². The van der Waals surface area contributed by atoms with Crippen molar-refractivity contribution in [2.24, 2.45) is 0 Å². The van der Waals surface area contributed by atoms with Crippen LogP contribution in [0.5, 0.6) is 0 Å². The van der Waals surface area contributed by atoms with E-state index in [-0.39, 0.29) is 19.6 Å². The second-order valence-electron chi connectivity index (χ2n) is 5.95. The SMILES string of the molecule is CCc1ccc(S(=O)(=O)N2CC(CC(=O)O)OCC2(C)C)s1. The summed E-state index contributed by atoms with van der Waals surface area (Å²) in [5.74, 6) is -0.994. The van der Waals surface area contributed by atoms with E-state index >= 15 is 0 Å². The minimum atomic E-state index is -3.65. The second kappa shape index (κ2) is 6.27. The van der Waals surface area contributed by atoms with E-state index in [1.165, 1.54) is 15.6 Å². The van der Waals surface area contributed by atoms with E-state index in [9.17, 15) is 13.2 Å². The minimum absolute atomic E-state index is 0.0565. The second-order valence-corrected chi connectivity index (χ2v) is 9.21. The molecule has 1 aliphatic rings. The predicted octanol–water partition coefficient (Wildman–Crippen LogP) is 1.95. The lowest BCUT2D eigenvalue weighted by molar-refractivity contribution is -0.143. The molecule has 1 aliphatic heterocycles. The maximum Gasteiger partial charge on any atom is 0.306 e. The molecule has 1 aromatic rings. The summed E-state index contributed by atoms with van der Waals surface area (Å²) >= 11 is 1.26. The van der Waals surface area contributed by atoms with Gasteiger partial charge in [-0.1, -0.05) is 6.92 Å². The van der Waals surface area contributed by atoms with Crippen molar-refractivity contribution >= 4 is 27.3 Å². The van der Waals surface area contributed by atoms with Gasteiger partial charge in [0.2, 0.25) is 0 Å². The number of carbonyl (C=O) groups is 1. The summed E-state index contributed by atoms with van der Waals surface area (Å²) in [5, 5.41) is 8.89. The van der Waals surface area contributed by atoms with Crippen LogP contribution in [0.1, 0.15) is 32.1 Å². The molecule has 1 N–H and O–H groups in total. The highest BCUT2D eigenvalue weighted by Gasteiger charge is 2.43. The Labute approximate surface area is 134 Å². The molecule has 1 aromatic heterocycles. The third-order valence-corrected chi connectivity index (χ3v) is 7.42. The monoisotopic (exact) mass is 347 g/mol. The summed E-state index contributed by atoms with van der Waals surface area (Å²) < 4.78 is 33.0. The van der Waals surface area contributed by atoms with E-state index in [0.29, 0.717) is 4.21 Å². The van der Waals surface area contributed by atoms with Gasteiger partial charge in [0, 0.05) is 11.4 Å². The molecular weight excluding hydrogens is 326 g/mol. The van der Waals surface area contributed by atoms with Gasteiger partial charge in [0.05, 0.1) is 24.7 Å². The van der Waals surface area contributed by atoms with Crippen LogP contribution >= 0.6 is 11.3 Å². The largest absolute Gasteiger partial charge is 0.481 e. The molecule has 124 valence electrons. The molecule has 0 aromatic carbocycles. The number of thiophene rings is 1. The van der Waals surface area contributed by atoms with E-state index in [4.69, 9.17) is 9.84 Å². The molecule has 0 spiro atoms. The Morgan fingerprint density at radius 1 is 1.50 bits per heavy atom. The quantitative estimate of drug-likeness (QED) is 0.880. The van der Waals surface area contributed by atoms with Crippen molar-refractivity contribution in [2.45, 2.75) is 49.5 Å². The Morgan fingerprint density at radius 3 is 2.73 bits per heavy atom. The van der Waals surface area contributed by atoms with Crippen LogP contribution in [-0.4, -0.2) is 48.6 Å². The first-order chi connectivity index (χ1) is 10.2. The number of sulfonamides is 1. The molecule has 8 heteroatoms. The number of carboxylic acids is 1. The average molecular weight is 347 g/mol. The van der Waals surface area contributed by atoms with Crippen molar-refractivity contribution in [3.63, 3.8) is 0 Å². The fourth-order valence-corrected chi connectivity index (χ4v) is 5.63. The molecule has 0 amide bonds. The Bertz CT molecular complexity index is 650. The first-order valence-electron chi connectivity index (χ1n) is 7.12. The zero-order valence-corrected chi connectivity index (χ0v) is 14.5. The number of ether oxygens (including phenoxy) is 1. The average Bonchev–Trinajstić information content (AvgIpc) is 2.89. The van der Waals surface area contributed by atoms with Gasteiger partial charge in [-0.2, -0.15) is 4.31 Å². The molecule has 0 saturated carbocycles. The van der Waals surface area contributed by atoms with Gasteiger partial charge < -0.3 is 9.84 Å². The van der Waals surface area contributed by atoms with Crippen molar-refractivity contribution in [1.29, 1.82) is 0 Å². The van der Waals surface area contributed by atoms with Crippen molar-refractivity contribution in [1.82, 2.24) is 4.31 Å². The van der Waals surface area contributed by atoms with Gasteiger partial charge in [0.25, 0.3) is 10.0 Å². The fourth-order valence-electron chi connectivity index (χ4n) is 2.42. The van der Waals surface area contributed by atoms with Crippen molar-refractivity contribution in [3.8, 4) is 0 Å². The first-order valence-corrected chi connectivity index (χ1v) is 9.37. The highest BCUT2D eigenvalue weighted by Crippen LogP contribution is 2.33. The summed E-state index contributed by atoms with van der Waals surface area (Å²) in [6.07, 6.45) is -0.0351. The number of nitrogens with zero attached hydrogens (tertiary/aromatic N) is 1. The number of hydrogen-bond acceptors (Lipinski definition) is 5. The molecule has 1 unspecified atom stereocenters. The van der Waals surface area contributed by atoms with Gasteiger partial charge in [-0.15, -0.1) is 11.3 Å². The van der Waals surface area contributed by atoms with Crippen molar-refractivity contribution in [3.05, 3.63) is 17.0 Å². The maximum absolute atomic E-state index is 12.9. The lowest BCUT2D eigenvalue weighted by Crippen LogP contribution is -2.58. The number of rotatable bonds is 5. The van der Waals surface area contributed by atoms with Gasteiger partial charge in [-0.25, -0.2) is 8.42 Å². The summed E-state index contributed by atoms with van der Waals surface area (Å²) in [5.41, 5.74) is -0.704. The third-order valence-electron chi connectivity index (χ3n) is 3.65. The summed E-state index contributed by atoms with van der Waals surface area (Å²) in [6.45, 7) is 5.78. The molecule has 0 aliphatic carbocycles. The van der Waals surface area contributed by atoms with Gasteiger partial charge in [0.15, 0.2) is 0 Å². The molecule has 1 saturated heterocycles. The van der Waals surface area contributed by atoms with Crippen molar-refractivity contribution < 1.29 is 23.1 Å². The first kappa shape index (κ1) is 17.4. The van der Waals surface area contributed by atoms with Crippen LogP contribution in [0.25, 0.3) is 0 Å².